The van der Waals surface area contributed by atoms with E-state index in [1.807, 2.05) is 29.2 Å². The van der Waals surface area contributed by atoms with Crippen molar-refractivity contribution in [2.75, 3.05) is 20.2 Å². The van der Waals surface area contributed by atoms with Crippen molar-refractivity contribution in [3.05, 3.63) is 40.2 Å². The van der Waals surface area contributed by atoms with Gasteiger partial charge in [-0.25, -0.2) is 0 Å². The van der Waals surface area contributed by atoms with Crippen molar-refractivity contribution in [3.63, 3.8) is 0 Å². The number of hydrogen-bond acceptors (Lipinski definition) is 3. The van der Waals surface area contributed by atoms with Crippen LogP contribution in [0, 0.1) is 0 Å². The van der Waals surface area contributed by atoms with Crippen molar-refractivity contribution in [3.8, 4) is 5.75 Å². The fourth-order valence-corrected chi connectivity index (χ4v) is 3.09. The Morgan fingerprint density at radius 3 is 2.74 bits per heavy atom. The van der Waals surface area contributed by atoms with Crippen LogP contribution in [0.1, 0.15) is 31.2 Å². The molecule has 1 saturated heterocycles. The minimum atomic E-state index is -0.117. The third-order valence-electron chi connectivity index (χ3n) is 4.45. The predicted octanol–water partition coefficient (Wildman–Crippen LogP) is 2.48. The number of ether oxygens (including phenoxy) is 1. The number of pyridine rings is 1. The number of piperidine rings is 1. The summed E-state index contributed by atoms with van der Waals surface area (Å²) in [7, 11) is 1.62. The number of hydrogen-bond donors (Lipinski definition) is 1. The number of benzene rings is 1. The fraction of sp³-hybridized carbons (Fsp3) is 0.444. The number of aromatic amines is 1. The number of carbonyl (C=O) groups excluding carboxylic acids is 1. The second kappa shape index (κ2) is 6.86. The van der Waals surface area contributed by atoms with Gasteiger partial charge in [-0.15, -0.1) is 0 Å². The monoisotopic (exact) mass is 314 g/mol. The Labute approximate surface area is 135 Å². The van der Waals surface area contributed by atoms with Gasteiger partial charge in [0.25, 0.3) is 5.56 Å². The zero-order valence-corrected chi connectivity index (χ0v) is 13.4. The molecule has 1 aliphatic heterocycles. The van der Waals surface area contributed by atoms with E-state index in [0.29, 0.717) is 18.4 Å². The number of H-pyrrole nitrogens is 1. The molecule has 1 N–H and O–H groups in total. The Kier molecular flexibility index (Phi) is 4.65. The van der Waals surface area contributed by atoms with E-state index >= 15 is 0 Å². The largest absolute Gasteiger partial charge is 0.497 e. The van der Waals surface area contributed by atoms with Crippen molar-refractivity contribution in [2.24, 2.45) is 0 Å². The van der Waals surface area contributed by atoms with Gasteiger partial charge in [0, 0.05) is 36.0 Å². The van der Waals surface area contributed by atoms with Crippen LogP contribution in [0.25, 0.3) is 10.9 Å². The molecule has 2 aromatic rings. The normalized spacial score (nSPS) is 14.9. The minimum Gasteiger partial charge on any atom is -0.497 e. The number of nitrogens with one attached hydrogen (secondary N) is 1. The van der Waals surface area contributed by atoms with Crippen LogP contribution < -0.4 is 10.3 Å². The molecule has 23 heavy (non-hydrogen) atoms. The fourth-order valence-electron chi connectivity index (χ4n) is 3.09. The second-order valence-corrected chi connectivity index (χ2v) is 6.02. The molecule has 0 radical (unpaired) electrons. The van der Waals surface area contributed by atoms with Gasteiger partial charge in [0.15, 0.2) is 0 Å². The number of carbonyl (C=O) groups is 1. The summed E-state index contributed by atoms with van der Waals surface area (Å²) in [5.74, 6) is 0.898. The zero-order chi connectivity index (χ0) is 16.2. The van der Waals surface area contributed by atoms with Crippen LogP contribution in [-0.4, -0.2) is 36.0 Å². The minimum absolute atomic E-state index is 0.117. The smallest absolute Gasteiger partial charge is 0.251 e. The first-order valence-corrected chi connectivity index (χ1v) is 8.15. The Hall–Kier alpha value is -2.30. The topological polar surface area (TPSA) is 62.4 Å². The average Bonchev–Trinajstić information content (AvgIpc) is 2.60. The lowest BCUT2D eigenvalue weighted by Gasteiger charge is -2.26. The molecule has 1 aromatic heterocycles. The quantitative estimate of drug-likeness (QED) is 0.943. The lowest BCUT2D eigenvalue weighted by molar-refractivity contribution is -0.132. The molecule has 1 aromatic carbocycles. The van der Waals surface area contributed by atoms with Crippen LogP contribution in [0.3, 0.4) is 0 Å². The van der Waals surface area contributed by atoms with Crippen LogP contribution in [0.15, 0.2) is 29.1 Å². The molecule has 1 amide bonds. The molecular formula is C18H22N2O3. The van der Waals surface area contributed by atoms with Crippen molar-refractivity contribution < 1.29 is 9.53 Å². The molecule has 0 saturated carbocycles. The number of likely N-dealkylation sites (tertiary alicyclic amines) is 1. The number of fused-ring (bicyclic) bond motifs is 1. The summed E-state index contributed by atoms with van der Waals surface area (Å²) in [4.78, 5) is 29.2. The van der Waals surface area contributed by atoms with E-state index in [0.717, 1.165) is 42.6 Å². The summed E-state index contributed by atoms with van der Waals surface area (Å²) in [5.41, 5.74) is 1.31. The van der Waals surface area contributed by atoms with Gasteiger partial charge in [-0.05, 0) is 49.9 Å². The van der Waals surface area contributed by atoms with Gasteiger partial charge in [0.2, 0.25) is 5.91 Å². The van der Waals surface area contributed by atoms with E-state index in [1.165, 1.54) is 6.42 Å². The predicted molar refractivity (Wildman–Crippen MR) is 89.9 cm³/mol. The highest BCUT2D eigenvalue weighted by atomic mass is 16.5. The molecule has 3 rings (SSSR count). The summed E-state index contributed by atoms with van der Waals surface area (Å²) in [6, 6.07) is 7.40. The van der Waals surface area contributed by atoms with E-state index in [1.54, 1.807) is 7.11 Å². The van der Waals surface area contributed by atoms with Crippen molar-refractivity contribution in [1.82, 2.24) is 9.88 Å². The van der Waals surface area contributed by atoms with Crippen LogP contribution in [-0.2, 0) is 11.2 Å². The summed E-state index contributed by atoms with van der Waals surface area (Å²) in [5, 5.41) is 0.921. The molecule has 0 aliphatic carbocycles. The maximum absolute atomic E-state index is 12.2. The lowest BCUT2D eigenvalue weighted by atomic mass is 10.1. The third kappa shape index (κ3) is 3.55. The molecular weight excluding hydrogens is 292 g/mol. The SMILES string of the molecule is COc1ccc2[nH]c(=O)c(CCC(=O)N3CCCCC3)cc2c1. The highest BCUT2D eigenvalue weighted by Gasteiger charge is 2.16. The number of rotatable bonds is 4. The molecule has 2 heterocycles. The molecule has 5 heteroatoms. The van der Waals surface area contributed by atoms with Crippen LogP contribution in [0.2, 0.25) is 0 Å². The van der Waals surface area contributed by atoms with E-state index < -0.39 is 0 Å². The van der Waals surface area contributed by atoms with Crippen molar-refractivity contribution >= 4 is 16.8 Å². The summed E-state index contributed by atoms with van der Waals surface area (Å²) in [6.07, 6.45) is 4.23. The molecule has 0 unspecified atom stereocenters. The number of aryl methyl sites for hydroxylation is 1. The number of amides is 1. The third-order valence-corrected chi connectivity index (χ3v) is 4.45. The van der Waals surface area contributed by atoms with Gasteiger partial charge >= 0.3 is 0 Å². The first-order chi connectivity index (χ1) is 11.2. The van der Waals surface area contributed by atoms with Crippen molar-refractivity contribution in [2.45, 2.75) is 32.1 Å². The summed E-state index contributed by atoms with van der Waals surface area (Å²) < 4.78 is 5.22. The second-order valence-electron chi connectivity index (χ2n) is 6.02. The van der Waals surface area contributed by atoms with E-state index in [2.05, 4.69) is 4.98 Å². The Bertz CT molecular complexity index is 760. The molecule has 122 valence electrons. The van der Waals surface area contributed by atoms with E-state index in [9.17, 15) is 9.59 Å². The lowest BCUT2D eigenvalue weighted by Crippen LogP contribution is -2.35. The van der Waals surface area contributed by atoms with Gasteiger partial charge in [0.1, 0.15) is 5.75 Å². The number of aromatic nitrogens is 1. The average molecular weight is 314 g/mol. The van der Waals surface area contributed by atoms with Crippen LogP contribution in [0.4, 0.5) is 0 Å². The molecule has 1 fully saturated rings. The summed E-state index contributed by atoms with van der Waals surface area (Å²) >= 11 is 0. The highest BCUT2D eigenvalue weighted by Crippen LogP contribution is 2.19. The Balaban J connectivity index is 1.75. The molecule has 1 aliphatic rings. The first-order valence-electron chi connectivity index (χ1n) is 8.15. The van der Waals surface area contributed by atoms with E-state index in [4.69, 9.17) is 4.74 Å². The Morgan fingerprint density at radius 1 is 1.22 bits per heavy atom. The first kappa shape index (κ1) is 15.6. The number of methoxy groups -OCH3 is 1. The molecule has 0 atom stereocenters. The van der Waals surface area contributed by atoms with Gasteiger partial charge < -0.3 is 14.6 Å². The maximum atomic E-state index is 12.2. The maximum Gasteiger partial charge on any atom is 0.251 e. The van der Waals surface area contributed by atoms with E-state index in [-0.39, 0.29) is 11.5 Å². The number of nitrogens with zero attached hydrogens (tertiary/aromatic N) is 1. The van der Waals surface area contributed by atoms with Gasteiger partial charge in [0.05, 0.1) is 7.11 Å². The highest BCUT2D eigenvalue weighted by molar-refractivity contribution is 5.81. The molecule has 0 spiro atoms. The van der Waals surface area contributed by atoms with Crippen LogP contribution in [0.5, 0.6) is 5.75 Å². The van der Waals surface area contributed by atoms with Gasteiger partial charge in [-0.1, -0.05) is 0 Å². The summed E-state index contributed by atoms with van der Waals surface area (Å²) in [6.45, 7) is 1.70. The zero-order valence-electron chi connectivity index (χ0n) is 13.4. The molecule has 5 nitrogen and oxygen atoms in total. The molecule has 0 bridgehead atoms. The van der Waals surface area contributed by atoms with Crippen molar-refractivity contribution in [1.29, 1.82) is 0 Å². The van der Waals surface area contributed by atoms with Gasteiger partial charge in [-0.2, -0.15) is 0 Å². The van der Waals surface area contributed by atoms with Gasteiger partial charge in [-0.3, -0.25) is 9.59 Å². The standard InChI is InChI=1S/C18H22N2O3/c1-23-15-6-7-16-14(12-15)11-13(18(22)19-16)5-8-17(21)20-9-3-2-4-10-20/h6-7,11-12H,2-5,8-10H2,1H3,(H,19,22). The van der Waals surface area contributed by atoms with Crippen LogP contribution >= 0.6 is 0 Å². The Morgan fingerprint density at radius 2 is 2.00 bits per heavy atom.